The van der Waals surface area contributed by atoms with Gasteiger partial charge in [0.1, 0.15) is 41.7 Å². The summed E-state index contributed by atoms with van der Waals surface area (Å²) < 4.78 is 34.7. The number of nitrogens with zero attached hydrogens (tertiary/aromatic N) is 16. The van der Waals surface area contributed by atoms with Gasteiger partial charge in [0.25, 0.3) is 0 Å². The Morgan fingerprint density at radius 3 is 0.986 bits per heavy atom. The van der Waals surface area contributed by atoms with Gasteiger partial charge in [-0.15, -0.1) is 0 Å². The van der Waals surface area contributed by atoms with E-state index in [1.165, 1.54) is 101 Å². The van der Waals surface area contributed by atoms with E-state index in [2.05, 4.69) is 475 Å². The van der Waals surface area contributed by atoms with Crippen LogP contribution in [0.3, 0.4) is 0 Å². The summed E-state index contributed by atoms with van der Waals surface area (Å²) in [7, 11) is 8.44. The predicted molar refractivity (Wildman–Crippen MR) is 577 cm³/mol. The minimum absolute atomic E-state index is 0.0487. The molecule has 4 aliphatic heterocycles. The fraction of sp³-hybridized carbons (Fsp3) is 0.267. The number of para-hydroxylation sites is 11. The Bertz CT molecular complexity index is 8320. The van der Waals surface area contributed by atoms with E-state index in [1.807, 2.05) is 43.9 Å². The molecule has 0 N–H and O–H groups in total. The van der Waals surface area contributed by atoms with Crippen molar-refractivity contribution in [1.29, 1.82) is 0 Å². The van der Waals surface area contributed by atoms with Crippen molar-refractivity contribution in [1.82, 2.24) is 38.4 Å². The Balaban J connectivity index is 0.000000107. The highest BCUT2D eigenvalue weighted by Crippen LogP contribution is 2.59. The maximum absolute atomic E-state index is 6.51. The molecule has 140 heavy (non-hydrogen) atoms. The monoisotopic (exact) mass is 1850 g/mol. The average Bonchev–Trinajstić information content (AvgIpc) is 1.56. The van der Waals surface area contributed by atoms with Crippen LogP contribution in [0.1, 0.15) is 151 Å². The van der Waals surface area contributed by atoms with Crippen molar-refractivity contribution in [2.75, 3.05) is 39.2 Å². The highest BCUT2D eigenvalue weighted by molar-refractivity contribution is 6.15. The van der Waals surface area contributed by atoms with Gasteiger partial charge in [0, 0.05) is 106 Å². The zero-order valence-electron chi connectivity index (χ0n) is 84.7. The Kier molecular flexibility index (Phi) is 21.3. The molecule has 10 aromatic heterocycles. The van der Waals surface area contributed by atoms with Gasteiger partial charge in [-0.25, -0.2) is 15.0 Å². The maximum Gasteiger partial charge on any atom is 0.227 e. The first-order valence-corrected chi connectivity index (χ1v) is 48.9. The number of benzene rings is 11. The summed E-state index contributed by atoms with van der Waals surface area (Å²) in [6.45, 7) is 44.4. The normalized spacial score (nSPS) is 16.0. The second-order valence-electron chi connectivity index (χ2n) is 40.8. The number of aromatic nitrogens is 8. The molecular formula is C120H122N16O4. The number of anilines is 12. The molecule has 0 spiro atoms. The summed E-state index contributed by atoms with van der Waals surface area (Å²) in [6, 6.07) is 94.8. The number of rotatable bonds is 12. The van der Waals surface area contributed by atoms with Crippen molar-refractivity contribution in [3.05, 3.63) is 347 Å². The van der Waals surface area contributed by atoms with E-state index in [4.69, 9.17) is 22.7 Å². The molecule has 14 heterocycles. The van der Waals surface area contributed by atoms with Gasteiger partial charge in [0.15, 0.2) is 22.3 Å². The molecule has 0 bridgehead atoms. The topological polar surface area (TPSA) is 150 Å². The van der Waals surface area contributed by atoms with Crippen LogP contribution in [-0.2, 0) is 50.3 Å². The fourth-order valence-corrected chi connectivity index (χ4v) is 24.3. The van der Waals surface area contributed by atoms with Crippen LogP contribution in [0.25, 0.3) is 98.9 Å². The quantitative estimate of drug-likeness (QED) is 0.114. The smallest absolute Gasteiger partial charge is 0.227 e. The number of aryl methyl sites for hydroxylation is 11. The summed E-state index contributed by atoms with van der Waals surface area (Å²) in [5.41, 5.74) is 33.8. The number of fused-ring (bicyclic) bond motifs is 17. The zero-order chi connectivity index (χ0) is 97.7. The summed E-state index contributed by atoms with van der Waals surface area (Å²) in [6.07, 6.45) is 4.40. The van der Waals surface area contributed by atoms with Gasteiger partial charge in [0.05, 0.1) is 114 Å². The third kappa shape index (κ3) is 13.8. The first-order valence-electron chi connectivity index (χ1n) is 48.9. The van der Waals surface area contributed by atoms with Gasteiger partial charge in [-0.1, -0.05) is 152 Å². The summed E-state index contributed by atoms with van der Waals surface area (Å²) in [5.74, 6) is 1.02. The lowest BCUT2D eigenvalue weighted by molar-refractivity contribution is 0.417. The van der Waals surface area contributed by atoms with E-state index in [-0.39, 0.29) is 46.8 Å². The van der Waals surface area contributed by atoms with Crippen molar-refractivity contribution in [3.8, 4) is 0 Å². The molecule has 0 saturated carbocycles. The summed E-state index contributed by atoms with van der Waals surface area (Å²) in [5, 5.41) is 14.8. The molecule has 0 radical (unpaired) electrons. The molecule has 0 saturated heterocycles. The van der Waals surface area contributed by atoms with E-state index in [0.29, 0.717) is 11.4 Å². The molecule has 20 nitrogen and oxygen atoms in total. The second kappa shape index (κ2) is 33.2. The van der Waals surface area contributed by atoms with Gasteiger partial charge in [-0.2, -0.15) is 5.10 Å². The molecule has 0 amide bonds. The Morgan fingerprint density at radius 1 is 0.286 bits per heavy atom. The molecule has 0 aliphatic carbocycles. The minimum atomic E-state index is -0.285. The van der Waals surface area contributed by atoms with Crippen molar-refractivity contribution < 1.29 is 17.7 Å². The third-order valence-electron chi connectivity index (χ3n) is 30.7. The van der Waals surface area contributed by atoms with Crippen molar-refractivity contribution in [2.24, 2.45) is 28.2 Å². The van der Waals surface area contributed by atoms with Gasteiger partial charge in [0.2, 0.25) is 11.4 Å². The lowest BCUT2D eigenvalue weighted by Crippen LogP contribution is -2.50. The van der Waals surface area contributed by atoms with E-state index in [0.717, 1.165) is 122 Å². The van der Waals surface area contributed by atoms with Gasteiger partial charge < -0.3 is 70.6 Å². The molecule has 0 fully saturated rings. The number of hydrogen-bond acceptors (Lipinski definition) is 16. The zero-order valence-corrected chi connectivity index (χ0v) is 84.7. The second-order valence-corrected chi connectivity index (χ2v) is 40.8. The molecule has 4 aliphatic rings. The van der Waals surface area contributed by atoms with Crippen LogP contribution in [0.15, 0.2) is 297 Å². The summed E-state index contributed by atoms with van der Waals surface area (Å²) >= 11 is 0. The molecular weight excluding hydrogens is 1730 g/mol. The van der Waals surface area contributed by atoms with Crippen LogP contribution in [0.4, 0.5) is 68.2 Å². The van der Waals surface area contributed by atoms with Crippen LogP contribution in [0.2, 0.25) is 0 Å². The largest absolute Gasteiger partial charge is 0.454 e. The van der Waals surface area contributed by atoms with E-state index in [1.54, 1.807) is 0 Å². The summed E-state index contributed by atoms with van der Waals surface area (Å²) in [4.78, 5) is 33.9. The van der Waals surface area contributed by atoms with Gasteiger partial charge in [-0.3, -0.25) is 4.68 Å². The van der Waals surface area contributed by atoms with Crippen LogP contribution in [-0.4, -0.2) is 63.1 Å². The van der Waals surface area contributed by atoms with Crippen LogP contribution in [0.5, 0.6) is 0 Å². The Labute approximate surface area is 818 Å². The standard InChI is InChI=1S/C33H32N4O.3C29H30N4O/c1-20-15-17-24-25-18-16-21(2)34-32(25)38-31(24)30(20)36-22(3)37(28-14-10-9-13-27(28)36)33(4,5)29-19-23-11-7-8-12-26(23)35(29)6;1-18-15-16-22-21-11-7-10-14-25(21)34-28(22)27(18)32-20(3)33(24-13-9-8-12-23(24)32)29(4,5)26-17-30-19(2)31(26)6;1-18-15-16-22-21-11-7-10-14-25(21)34-28(22)27(18)32-20(3)33(24-13-9-8-12-23(24)32)29(4,5)26-17-19(2)30-31(26)6;1-18-13-15-21-22-16-14-19(2)30-28(22)34-27(21)26(18)32-20(3)33(24-11-8-7-10-23(24)32)29(4,5)25-12-9-17-31(25)6/h7-19,22H,1-6H3;3*7-17,20H,1-6H3/t22-;3*20-/m1111/s1. The lowest BCUT2D eigenvalue weighted by atomic mass is 9.96. The Hall–Kier alpha value is -15.4. The molecule has 706 valence electrons. The number of furan rings is 4. The first-order chi connectivity index (χ1) is 67.1. The van der Waals surface area contributed by atoms with Crippen molar-refractivity contribution in [3.63, 3.8) is 0 Å². The molecule has 4 atom stereocenters. The molecule has 25 rings (SSSR count). The maximum atomic E-state index is 6.51. The van der Waals surface area contributed by atoms with Gasteiger partial charge in [-0.05, 0) is 281 Å². The van der Waals surface area contributed by atoms with E-state index in [9.17, 15) is 0 Å². The minimum Gasteiger partial charge on any atom is -0.454 e. The fourth-order valence-electron chi connectivity index (χ4n) is 24.3. The molecule has 0 unspecified atom stereocenters. The molecule has 20 heteroatoms. The van der Waals surface area contributed by atoms with Crippen molar-refractivity contribution >= 4 is 167 Å². The number of pyridine rings is 2. The third-order valence-corrected chi connectivity index (χ3v) is 30.7. The molecule has 21 aromatic rings. The average molecular weight is 1850 g/mol. The first kappa shape index (κ1) is 89.8. The van der Waals surface area contributed by atoms with Crippen LogP contribution < -0.4 is 39.2 Å². The van der Waals surface area contributed by atoms with E-state index >= 15 is 0 Å². The van der Waals surface area contributed by atoms with Crippen LogP contribution >= 0.6 is 0 Å². The molecule has 11 aromatic carbocycles. The highest BCUT2D eigenvalue weighted by Gasteiger charge is 2.50. The lowest BCUT2D eigenvalue weighted by Gasteiger charge is -2.42. The number of hydrogen-bond donors (Lipinski definition) is 0. The predicted octanol–water partition coefficient (Wildman–Crippen LogP) is 29.9. The van der Waals surface area contributed by atoms with Gasteiger partial charge >= 0.3 is 0 Å². The highest BCUT2D eigenvalue weighted by atomic mass is 16.4. The SMILES string of the molecule is Cc1cc(C(C)(C)N2c3ccccc3N(c3c(C)ccc4c3oc3ccccc34)[C@H]2C)n(C)n1.Cc1ccc2c(n1)oc1c(N3c4ccccc4N(C(C)(C)c4cc5ccccc5n4C)[C@@H]3C)c(C)ccc12.Cc1ccc2c(n1)oc1c(N3c4ccccc4N(C(C)(C)c4cccn4C)[C@@H]3C)c(C)ccc12.Cc1ccc2c(oc3ccccc32)c1N1c2ccccc2N(C(C)(C)c2cnc(C)n2C)[C@@H]1C. The van der Waals surface area contributed by atoms with Crippen molar-refractivity contribution in [2.45, 2.75) is 185 Å². The number of imidazole rings is 1. The van der Waals surface area contributed by atoms with Crippen LogP contribution in [0, 0.1) is 55.4 Å². The van der Waals surface area contributed by atoms with E-state index < -0.39 is 0 Å². The Morgan fingerprint density at radius 2 is 0.621 bits per heavy atom.